The Hall–Kier alpha value is -2.11. The average molecular weight is 430 g/mol. The summed E-state index contributed by atoms with van der Waals surface area (Å²) < 4.78 is 25.3. The minimum absolute atomic E-state index is 0.0992. The highest BCUT2D eigenvalue weighted by Gasteiger charge is 2.51. The van der Waals surface area contributed by atoms with Crippen LogP contribution >= 0.6 is 11.8 Å². The van der Waals surface area contributed by atoms with E-state index in [0.29, 0.717) is 19.6 Å². The van der Waals surface area contributed by atoms with Crippen LogP contribution in [0.1, 0.15) is 12.8 Å². The third-order valence-electron chi connectivity index (χ3n) is 5.26. The van der Waals surface area contributed by atoms with Gasteiger partial charge in [-0.25, -0.2) is 8.42 Å². The second-order valence-corrected chi connectivity index (χ2v) is 10.4. The molecule has 1 aliphatic heterocycles. The lowest BCUT2D eigenvalue weighted by Gasteiger charge is -2.39. The smallest absolute Gasteiger partial charge is 0.191 e. The van der Waals surface area contributed by atoms with Crippen molar-refractivity contribution in [1.82, 2.24) is 4.90 Å². The molecular weight excluding hydrogens is 406 g/mol. The standard InChI is InChI=1S/C22H23NO4S2/c1-2-14-23-15-12-22(13-16-23,21(25)17-24)29(26,27)20-10-8-19(9-11-20)28-18-6-4-3-5-7-18/h1,3-11,24H,12-17H2. The van der Waals surface area contributed by atoms with Gasteiger partial charge in [0.2, 0.25) is 0 Å². The van der Waals surface area contributed by atoms with E-state index >= 15 is 0 Å². The van der Waals surface area contributed by atoms with Crippen molar-refractivity contribution in [1.29, 1.82) is 0 Å². The van der Waals surface area contributed by atoms with Crippen LogP contribution in [-0.4, -0.2) is 55.2 Å². The van der Waals surface area contributed by atoms with Crippen LogP contribution in [0.15, 0.2) is 69.3 Å². The van der Waals surface area contributed by atoms with Gasteiger partial charge in [-0.1, -0.05) is 35.9 Å². The molecule has 152 valence electrons. The summed E-state index contributed by atoms with van der Waals surface area (Å²) in [5, 5.41) is 9.48. The largest absolute Gasteiger partial charge is 0.389 e. The van der Waals surface area contributed by atoms with Gasteiger partial charge >= 0.3 is 0 Å². The molecule has 0 bridgehead atoms. The Bertz CT molecular complexity index is 987. The molecule has 1 N–H and O–H groups in total. The van der Waals surface area contributed by atoms with Gasteiger partial charge in [0.05, 0.1) is 11.4 Å². The fourth-order valence-corrected chi connectivity index (χ4v) is 6.45. The van der Waals surface area contributed by atoms with Crippen LogP contribution < -0.4 is 0 Å². The van der Waals surface area contributed by atoms with Gasteiger partial charge in [0, 0.05) is 22.9 Å². The molecule has 1 saturated heterocycles. The maximum atomic E-state index is 13.4. The SMILES string of the molecule is C#CCN1CCC(C(=O)CO)(S(=O)(=O)c2ccc(Sc3ccccc3)cc2)CC1. The number of Topliss-reactive ketones (excluding diaryl/α,β-unsaturated/α-hetero) is 1. The Balaban J connectivity index is 1.87. The number of likely N-dealkylation sites (tertiary alicyclic amines) is 1. The first-order chi connectivity index (χ1) is 13.9. The van der Waals surface area contributed by atoms with Crippen LogP contribution in [0.2, 0.25) is 0 Å². The molecule has 0 amide bonds. The number of piperidine rings is 1. The number of terminal acetylenes is 1. The summed E-state index contributed by atoms with van der Waals surface area (Å²) in [5.74, 6) is 1.89. The summed E-state index contributed by atoms with van der Waals surface area (Å²) in [4.78, 5) is 16.6. The first-order valence-electron chi connectivity index (χ1n) is 9.30. The van der Waals surface area contributed by atoms with Crippen molar-refractivity contribution >= 4 is 27.4 Å². The number of benzene rings is 2. The number of hydrogen-bond acceptors (Lipinski definition) is 6. The molecule has 0 saturated carbocycles. The summed E-state index contributed by atoms with van der Waals surface area (Å²) >= 11 is 1.53. The zero-order valence-corrected chi connectivity index (χ0v) is 17.6. The van der Waals surface area contributed by atoms with Crippen LogP contribution in [0, 0.1) is 12.3 Å². The molecule has 5 nitrogen and oxygen atoms in total. The second kappa shape index (κ2) is 9.14. The highest BCUT2D eigenvalue weighted by molar-refractivity contribution is 7.99. The van der Waals surface area contributed by atoms with E-state index in [1.54, 1.807) is 24.3 Å². The average Bonchev–Trinajstić information content (AvgIpc) is 2.75. The summed E-state index contributed by atoms with van der Waals surface area (Å²) in [5.41, 5.74) is 0. The van der Waals surface area contributed by atoms with Crippen molar-refractivity contribution in [3.8, 4) is 12.3 Å². The number of aliphatic hydroxyl groups is 1. The predicted molar refractivity (Wildman–Crippen MR) is 114 cm³/mol. The van der Waals surface area contributed by atoms with Crippen molar-refractivity contribution < 1.29 is 18.3 Å². The van der Waals surface area contributed by atoms with Crippen LogP contribution in [0.4, 0.5) is 0 Å². The van der Waals surface area contributed by atoms with E-state index in [1.165, 1.54) is 11.8 Å². The summed E-state index contributed by atoms with van der Waals surface area (Å²) in [6.07, 6.45) is 5.58. The zero-order valence-electron chi connectivity index (χ0n) is 16.0. The fourth-order valence-electron chi connectivity index (χ4n) is 3.58. The van der Waals surface area contributed by atoms with Gasteiger partial charge in [-0.15, -0.1) is 6.42 Å². The Morgan fingerprint density at radius 3 is 2.21 bits per heavy atom. The number of carbonyl (C=O) groups is 1. The zero-order chi connectivity index (χ0) is 20.9. The van der Waals surface area contributed by atoms with E-state index in [-0.39, 0.29) is 17.7 Å². The van der Waals surface area contributed by atoms with Crippen molar-refractivity contribution in [3.63, 3.8) is 0 Å². The van der Waals surface area contributed by atoms with E-state index in [0.717, 1.165) is 9.79 Å². The number of carbonyl (C=O) groups excluding carboxylic acids is 1. The summed E-state index contributed by atoms with van der Waals surface area (Å²) in [6.45, 7) is 0.416. The second-order valence-electron chi connectivity index (χ2n) is 6.95. The minimum Gasteiger partial charge on any atom is -0.389 e. The first-order valence-corrected chi connectivity index (χ1v) is 11.6. The maximum absolute atomic E-state index is 13.4. The quantitative estimate of drug-likeness (QED) is 0.682. The monoisotopic (exact) mass is 429 g/mol. The normalized spacial score (nSPS) is 16.8. The molecular formula is C22H23NO4S2. The molecule has 0 radical (unpaired) electrons. The maximum Gasteiger partial charge on any atom is 0.191 e. The molecule has 0 spiro atoms. The lowest BCUT2D eigenvalue weighted by molar-refractivity contribution is -0.125. The van der Waals surface area contributed by atoms with Crippen molar-refractivity contribution in [2.75, 3.05) is 26.2 Å². The minimum atomic E-state index is -3.96. The number of ketones is 1. The van der Waals surface area contributed by atoms with E-state index < -0.39 is 27.0 Å². The van der Waals surface area contributed by atoms with E-state index in [1.807, 2.05) is 35.2 Å². The first kappa shape index (κ1) is 21.6. The molecule has 0 aromatic heterocycles. The lowest BCUT2D eigenvalue weighted by Crippen LogP contribution is -2.55. The van der Waals surface area contributed by atoms with Gasteiger partial charge in [-0.2, -0.15) is 0 Å². The summed E-state index contributed by atoms with van der Waals surface area (Å²) in [6, 6.07) is 16.4. The van der Waals surface area contributed by atoms with Crippen LogP contribution in [0.25, 0.3) is 0 Å². The molecule has 1 aliphatic rings. The topological polar surface area (TPSA) is 74.7 Å². The Labute approximate surface area is 176 Å². The van der Waals surface area contributed by atoms with Crippen molar-refractivity contribution in [2.24, 2.45) is 0 Å². The van der Waals surface area contributed by atoms with Crippen molar-refractivity contribution in [2.45, 2.75) is 32.3 Å². The number of nitrogens with zero attached hydrogens (tertiary/aromatic N) is 1. The van der Waals surface area contributed by atoms with E-state index in [9.17, 15) is 18.3 Å². The highest BCUT2D eigenvalue weighted by atomic mass is 32.2. The molecule has 1 fully saturated rings. The van der Waals surface area contributed by atoms with Gasteiger partial charge in [-0.3, -0.25) is 9.69 Å². The van der Waals surface area contributed by atoms with Gasteiger partial charge in [0.15, 0.2) is 15.6 Å². The molecule has 1 heterocycles. The Kier molecular flexibility index (Phi) is 6.81. The van der Waals surface area contributed by atoms with Crippen molar-refractivity contribution in [3.05, 3.63) is 54.6 Å². The molecule has 7 heteroatoms. The van der Waals surface area contributed by atoms with Gasteiger partial charge in [-0.05, 0) is 49.2 Å². The van der Waals surface area contributed by atoms with E-state index in [2.05, 4.69) is 5.92 Å². The van der Waals surface area contributed by atoms with Gasteiger partial charge in [0.25, 0.3) is 0 Å². The lowest BCUT2D eigenvalue weighted by atomic mass is 9.91. The van der Waals surface area contributed by atoms with Crippen LogP contribution in [-0.2, 0) is 14.6 Å². The van der Waals surface area contributed by atoms with E-state index in [4.69, 9.17) is 6.42 Å². The number of rotatable bonds is 7. The molecule has 29 heavy (non-hydrogen) atoms. The molecule has 2 aromatic carbocycles. The van der Waals surface area contributed by atoms with Gasteiger partial charge in [0.1, 0.15) is 11.4 Å². The third kappa shape index (κ3) is 4.41. The molecule has 0 unspecified atom stereocenters. The Morgan fingerprint density at radius 1 is 1.07 bits per heavy atom. The fraction of sp³-hybridized carbons (Fsp3) is 0.318. The third-order valence-corrected chi connectivity index (χ3v) is 8.83. The molecule has 0 atom stereocenters. The predicted octanol–water partition coefficient (Wildman–Crippen LogP) is 2.64. The van der Waals surface area contributed by atoms with Gasteiger partial charge < -0.3 is 5.11 Å². The number of sulfone groups is 1. The van der Waals surface area contributed by atoms with Crippen LogP contribution in [0.5, 0.6) is 0 Å². The molecule has 2 aromatic rings. The Morgan fingerprint density at radius 2 is 1.66 bits per heavy atom. The number of aliphatic hydroxyl groups excluding tert-OH is 1. The highest BCUT2D eigenvalue weighted by Crippen LogP contribution is 2.37. The molecule has 3 rings (SSSR count). The molecule has 0 aliphatic carbocycles. The van der Waals surface area contributed by atoms with Crippen LogP contribution in [0.3, 0.4) is 0 Å². The summed E-state index contributed by atoms with van der Waals surface area (Å²) in [7, 11) is -3.96. The number of hydrogen-bond donors (Lipinski definition) is 1.